The fraction of sp³-hybridized carbons (Fsp3) is 0.571. The molecule has 1 aliphatic carbocycles. The van der Waals surface area contributed by atoms with Gasteiger partial charge in [-0.05, 0) is 42.7 Å². The molecule has 2 atom stereocenters. The summed E-state index contributed by atoms with van der Waals surface area (Å²) in [6.07, 6.45) is 2.80. The smallest absolute Gasteiger partial charge is 0.240 e. The maximum atomic E-state index is 12.4. The molecule has 1 aromatic carbocycles. The highest BCUT2D eigenvalue weighted by Crippen LogP contribution is 2.31. The molecule has 0 bridgehead atoms. The molecule has 1 aliphatic rings. The van der Waals surface area contributed by atoms with Crippen molar-refractivity contribution in [1.29, 1.82) is 0 Å². The van der Waals surface area contributed by atoms with Gasteiger partial charge in [0.25, 0.3) is 0 Å². The molecule has 0 amide bonds. The molecule has 2 rings (SSSR count). The van der Waals surface area contributed by atoms with Crippen molar-refractivity contribution in [2.75, 3.05) is 5.75 Å². The second kappa shape index (κ2) is 7.33. The average Bonchev–Trinajstić information content (AvgIpc) is 2.85. The van der Waals surface area contributed by atoms with E-state index < -0.39 is 10.0 Å². The molecule has 1 fully saturated rings. The van der Waals surface area contributed by atoms with Gasteiger partial charge >= 0.3 is 0 Å². The highest BCUT2D eigenvalue weighted by molar-refractivity contribution is 7.99. The average molecular weight is 350 g/mol. The van der Waals surface area contributed by atoms with Crippen LogP contribution in [0.1, 0.15) is 31.7 Å². The van der Waals surface area contributed by atoms with Gasteiger partial charge in [0.1, 0.15) is 0 Å². The van der Waals surface area contributed by atoms with E-state index in [0.29, 0.717) is 10.8 Å². The number of nitrogens with one attached hydrogen (secondary N) is 1. The first-order valence-corrected chi connectivity index (χ1v) is 9.90. The Kier molecular flexibility index (Phi) is 5.96. The van der Waals surface area contributed by atoms with E-state index in [2.05, 4.69) is 11.6 Å². The molecule has 0 spiro atoms. The van der Waals surface area contributed by atoms with Crippen LogP contribution < -0.4 is 4.72 Å². The molecule has 1 aromatic rings. The van der Waals surface area contributed by atoms with E-state index in [1.165, 1.54) is 12.1 Å². The van der Waals surface area contributed by atoms with Crippen LogP contribution in [-0.2, 0) is 16.6 Å². The Morgan fingerprint density at radius 2 is 2.19 bits per heavy atom. The summed E-state index contributed by atoms with van der Waals surface area (Å²) in [4.78, 5) is 0.149. The van der Waals surface area contributed by atoms with Gasteiger partial charge in [-0.1, -0.05) is 24.6 Å². The van der Waals surface area contributed by atoms with Gasteiger partial charge in [-0.2, -0.15) is 11.8 Å². The van der Waals surface area contributed by atoms with Crippen molar-refractivity contribution in [3.05, 3.63) is 28.8 Å². The summed E-state index contributed by atoms with van der Waals surface area (Å²) in [5.41, 5.74) is 0.524. The largest absolute Gasteiger partial charge is 0.392 e. The maximum Gasteiger partial charge on any atom is 0.240 e. The maximum absolute atomic E-state index is 12.4. The molecule has 0 aromatic heterocycles. The SMILES string of the molecule is CCSC1CCC(NS(=O)(=O)c2ccc(CO)c(Cl)c2)C1. The fourth-order valence-corrected chi connectivity index (χ4v) is 5.30. The van der Waals surface area contributed by atoms with Crippen molar-refractivity contribution in [3.8, 4) is 0 Å². The van der Waals surface area contributed by atoms with Gasteiger partial charge in [0.2, 0.25) is 10.0 Å². The summed E-state index contributed by atoms with van der Waals surface area (Å²) in [6.45, 7) is 1.91. The minimum Gasteiger partial charge on any atom is -0.392 e. The molecule has 4 nitrogen and oxygen atoms in total. The number of thioether (sulfide) groups is 1. The minimum atomic E-state index is -3.55. The Labute approximate surface area is 135 Å². The Hall–Kier alpha value is -0.270. The lowest BCUT2D eigenvalue weighted by Crippen LogP contribution is -2.33. The molecule has 2 unspecified atom stereocenters. The molecule has 7 heteroatoms. The van der Waals surface area contributed by atoms with Crippen LogP contribution in [0.2, 0.25) is 5.02 Å². The highest BCUT2D eigenvalue weighted by atomic mass is 35.5. The van der Waals surface area contributed by atoms with Crippen LogP contribution in [0.5, 0.6) is 0 Å². The van der Waals surface area contributed by atoms with Crippen molar-refractivity contribution in [1.82, 2.24) is 4.72 Å². The topological polar surface area (TPSA) is 66.4 Å². The van der Waals surface area contributed by atoms with Crippen LogP contribution in [0.25, 0.3) is 0 Å². The zero-order valence-electron chi connectivity index (χ0n) is 11.9. The van der Waals surface area contributed by atoms with E-state index in [1.54, 1.807) is 6.07 Å². The Morgan fingerprint density at radius 3 is 2.81 bits per heavy atom. The first kappa shape index (κ1) is 17.1. The van der Waals surface area contributed by atoms with Crippen LogP contribution in [0.4, 0.5) is 0 Å². The number of halogens is 1. The Balaban J connectivity index is 2.07. The second-order valence-electron chi connectivity index (χ2n) is 5.12. The molecule has 0 heterocycles. The molecule has 1 saturated carbocycles. The zero-order valence-corrected chi connectivity index (χ0v) is 14.3. The lowest BCUT2D eigenvalue weighted by Gasteiger charge is -2.14. The van der Waals surface area contributed by atoms with Gasteiger partial charge in [-0.25, -0.2) is 13.1 Å². The summed E-state index contributed by atoms with van der Waals surface area (Å²) in [7, 11) is -3.55. The summed E-state index contributed by atoms with van der Waals surface area (Å²) >= 11 is 7.85. The van der Waals surface area contributed by atoms with Crippen LogP contribution in [0, 0.1) is 0 Å². The van der Waals surface area contributed by atoms with Gasteiger partial charge in [-0.15, -0.1) is 0 Å². The van der Waals surface area contributed by atoms with E-state index >= 15 is 0 Å². The van der Waals surface area contributed by atoms with Crippen molar-refractivity contribution >= 4 is 33.4 Å². The Morgan fingerprint density at radius 1 is 1.43 bits per heavy atom. The highest BCUT2D eigenvalue weighted by Gasteiger charge is 2.28. The van der Waals surface area contributed by atoms with Crippen LogP contribution >= 0.6 is 23.4 Å². The number of hydrogen-bond acceptors (Lipinski definition) is 4. The number of aliphatic hydroxyl groups excluding tert-OH is 1. The lowest BCUT2D eigenvalue weighted by molar-refractivity contribution is 0.282. The zero-order chi connectivity index (χ0) is 15.5. The molecular weight excluding hydrogens is 330 g/mol. The number of benzene rings is 1. The second-order valence-corrected chi connectivity index (χ2v) is 8.82. The molecule has 0 radical (unpaired) electrons. The first-order valence-electron chi connectivity index (χ1n) is 6.99. The fourth-order valence-electron chi connectivity index (χ4n) is 2.55. The molecule has 0 aliphatic heterocycles. The van der Waals surface area contributed by atoms with Gasteiger partial charge in [0.15, 0.2) is 0 Å². The standard InChI is InChI=1S/C14H20ClNO3S2/c1-2-20-12-5-4-11(7-12)16-21(18,19)13-6-3-10(9-17)14(15)8-13/h3,6,8,11-12,16-17H,2,4-5,7,9H2,1H3. The van der Waals surface area contributed by atoms with E-state index in [-0.39, 0.29) is 22.6 Å². The summed E-state index contributed by atoms with van der Waals surface area (Å²) < 4.78 is 27.5. The van der Waals surface area contributed by atoms with Crippen LogP contribution in [-0.4, -0.2) is 30.6 Å². The first-order chi connectivity index (χ1) is 9.96. The number of rotatable bonds is 6. The number of aliphatic hydroxyl groups is 1. The van der Waals surface area contributed by atoms with Gasteiger partial charge in [0, 0.05) is 16.3 Å². The van der Waals surface area contributed by atoms with E-state index in [1.807, 2.05) is 11.8 Å². The molecule has 118 valence electrons. The molecule has 2 N–H and O–H groups in total. The third kappa shape index (κ3) is 4.36. The molecule has 21 heavy (non-hydrogen) atoms. The summed E-state index contributed by atoms with van der Waals surface area (Å²) in [6, 6.07) is 4.41. The Bertz CT molecular complexity index is 592. The van der Waals surface area contributed by atoms with E-state index in [9.17, 15) is 8.42 Å². The van der Waals surface area contributed by atoms with Crippen LogP contribution in [0.15, 0.2) is 23.1 Å². The monoisotopic (exact) mass is 349 g/mol. The molecule has 0 saturated heterocycles. The number of hydrogen-bond donors (Lipinski definition) is 2. The van der Waals surface area contributed by atoms with Gasteiger partial charge in [-0.3, -0.25) is 0 Å². The number of sulfonamides is 1. The summed E-state index contributed by atoms with van der Waals surface area (Å²) in [5, 5.41) is 9.88. The third-order valence-corrected chi connectivity index (χ3v) is 6.72. The van der Waals surface area contributed by atoms with E-state index in [0.717, 1.165) is 25.0 Å². The molecular formula is C14H20ClNO3S2. The predicted molar refractivity (Wildman–Crippen MR) is 87.3 cm³/mol. The minimum absolute atomic E-state index is 0.00431. The predicted octanol–water partition coefficient (Wildman–Crippen LogP) is 2.78. The van der Waals surface area contributed by atoms with Gasteiger partial charge < -0.3 is 5.11 Å². The third-order valence-electron chi connectivity index (χ3n) is 3.61. The summed E-state index contributed by atoms with van der Waals surface area (Å²) in [5.74, 6) is 1.06. The van der Waals surface area contributed by atoms with Crippen LogP contribution in [0.3, 0.4) is 0 Å². The van der Waals surface area contributed by atoms with Gasteiger partial charge in [0.05, 0.1) is 11.5 Å². The normalized spacial score (nSPS) is 22.6. The lowest BCUT2D eigenvalue weighted by atomic mass is 10.2. The van der Waals surface area contributed by atoms with E-state index in [4.69, 9.17) is 16.7 Å². The van der Waals surface area contributed by atoms with Crippen molar-refractivity contribution in [2.24, 2.45) is 0 Å². The van der Waals surface area contributed by atoms with Crippen molar-refractivity contribution in [2.45, 2.75) is 49.0 Å². The van der Waals surface area contributed by atoms with Crippen molar-refractivity contribution < 1.29 is 13.5 Å². The van der Waals surface area contributed by atoms with Crippen molar-refractivity contribution in [3.63, 3.8) is 0 Å². The quantitative estimate of drug-likeness (QED) is 0.828.